The van der Waals surface area contributed by atoms with Crippen molar-refractivity contribution >= 4 is 27.8 Å². The Morgan fingerprint density at radius 1 is 1.39 bits per heavy atom. The molecule has 3 atom stereocenters. The van der Waals surface area contributed by atoms with Crippen molar-refractivity contribution < 1.29 is 19.3 Å². The standard InChI is InChI=1S/C22H23ClFN5O3S/c1-22(2,31)5-6-32-17-4-3-12(7-14(17)23)29-10-16(26-27-29)20(30)19-21(13-8-15(13)24)33-18-9-25-11-28(18)19/h3-4,7,9-11,13,15,20,30-31H,5-6,8H2,1-2H3/t13-,15+,20?/m1/s1. The second kappa shape index (κ2) is 8.35. The van der Waals surface area contributed by atoms with E-state index in [9.17, 15) is 14.6 Å². The van der Waals surface area contributed by atoms with Gasteiger partial charge in [0.25, 0.3) is 0 Å². The van der Waals surface area contributed by atoms with Crippen molar-refractivity contribution in [3.05, 3.63) is 58.2 Å². The lowest BCUT2D eigenvalue weighted by atomic mass is 10.1. The van der Waals surface area contributed by atoms with Gasteiger partial charge in [-0.05, 0) is 38.5 Å². The monoisotopic (exact) mass is 491 g/mol. The van der Waals surface area contributed by atoms with Crippen LogP contribution >= 0.6 is 22.9 Å². The molecule has 3 heterocycles. The number of aliphatic hydroxyl groups excluding tert-OH is 1. The number of aromatic nitrogens is 5. The van der Waals surface area contributed by atoms with Crippen molar-refractivity contribution in [3.8, 4) is 11.4 Å². The van der Waals surface area contributed by atoms with Gasteiger partial charge in [0.15, 0.2) is 0 Å². The fourth-order valence-corrected chi connectivity index (χ4v) is 5.14. The molecule has 3 aromatic heterocycles. The van der Waals surface area contributed by atoms with Crippen LogP contribution in [-0.4, -0.2) is 53.0 Å². The van der Waals surface area contributed by atoms with E-state index in [-0.39, 0.29) is 5.92 Å². The van der Waals surface area contributed by atoms with Crippen molar-refractivity contribution in [3.63, 3.8) is 0 Å². The van der Waals surface area contributed by atoms with Gasteiger partial charge in [0.2, 0.25) is 0 Å². The second-order valence-electron chi connectivity index (χ2n) is 8.83. The Hall–Kier alpha value is -2.53. The summed E-state index contributed by atoms with van der Waals surface area (Å²) in [7, 11) is 0. The van der Waals surface area contributed by atoms with Gasteiger partial charge in [0.05, 0.1) is 41.0 Å². The van der Waals surface area contributed by atoms with E-state index in [4.69, 9.17) is 16.3 Å². The molecule has 1 aliphatic rings. The molecule has 0 bridgehead atoms. The number of ether oxygens (including phenoxy) is 1. The number of alkyl halides is 1. The number of aliphatic hydroxyl groups is 2. The van der Waals surface area contributed by atoms with Gasteiger partial charge in [-0.3, -0.25) is 4.40 Å². The van der Waals surface area contributed by atoms with Gasteiger partial charge in [-0.25, -0.2) is 14.1 Å². The summed E-state index contributed by atoms with van der Waals surface area (Å²) >= 11 is 7.81. The highest BCUT2D eigenvalue weighted by Gasteiger charge is 2.43. The van der Waals surface area contributed by atoms with Gasteiger partial charge in [0.1, 0.15) is 34.9 Å². The molecule has 1 aliphatic carbocycles. The third-order valence-corrected chi connectivity index (χ3v) is 7.12. The normalized spacial score (nSPS) is 19.2. The Labute approximate surface area is 198 Å². The van der Waals surface area contributed by atoms with Crippen molar-refractivity contribution in [2.24, 2.45) is 0 Å². The number of imidazole rings is 1. The third kappa shape index (κ3) is 4.48. The molecular formula is C22H23ClFN5O3S. The first-order valence-electron chi connectivity index (χ1n) is 10.6. The molecule has 0 saturated heterocycles. The van der Waals surface area contributed by atoms with Crippen LogP contribution in [0, 0.1) is 0 Å². The van der Waals surface area contributed by atoms with Crippen molar-refractivity contribution in [1.29, 1.82) is 0 Å². The van der Waals surface area contributed by atoms with Crippen LogP contribution in [0.25, 0.3) is 10.5 Å². The fraction of sp³-hybridized carbons (Fsp3) is 0.409. The van der Waals surface area contributed by atoms with Crippen LogP contribution < -0.4 is 4.74 Å². The molecule has 0 radical (unpaired) electrons. The molecule has 33 heavy (non-hydrogen) atoms. The maximum absolute atomic E-state index is 13.8. The molecule has 1 saturated carbocycles. The van der Waals surface area contributed by atoms with Crippen LogP contribution in [0.4, 0.5) is 4.39 Å². The Morgan fingerprint density at radius 2 is 2.18 bits per heavy atom. The largest absolute Gasteiger partial charge is 0.492 e. The Bertz CT molecular complexity index is 1300. The number of thiazole rings is 1. The van der Waals surface area contributed by atoms with Crippen LogP contribution in [0.2, 0.25) is 5.02 Å². The van der Waals surface area contributed by atoms with Crippen LogP contribution in [0.1, 0.15) is 55.0 Å². The molecule has 5 rings (SSSR count). The molecule has 0 amide bonds. The minimum Gasteiger partial charge on any atom is -0.492 e. The zero-order valence-corrected chi connectivity index (χ0v) is 19.6. The summed E-state index contributed by atoms with van der Waals surface area (Å²) in [6, 6.07) is 5.19. The molecule has 0 aliphatic heterocycles. The van der Waals surface area contributed by atoms with Gasteiger partial charge < -0.3 is 14.9 Å². The molecule has 4 aromatic rings. The number of rotatable bonds is 8. The second-order valence-corrected chi connectivity index (χ2v) is 10.3. The van der Waals surface area contributed by atoms with E-state index in [2.05, 4.69) is 15.3 Å². The van der Waals surface area contributed by atoms with Crippen LogP contribution in [0.15, 0.2) is 36.9 Å². The molecule has 11 heteroatoms. The molecule has 8 nitrogen and oxygen atoms in total. The summed E-state index contributed by atoms with van der Waals surface area (Å²) < 4.78 is 22.8. The van der Waals surface area contributed by atoms with Crippen LogP contribution in [0.3, 0.4) is 0 Å². The van der Waals surface area contributed by atoms with Gasteiger partial charge in [-0.15, -0.1) is 16.4 Å². The summed E-state index contributed by atoms with van der Waals surface area (Å²) in [5.41, 5.74) is 0.741. The first-order chi connectivity index (χ1) is 15.7. The molecule has 174 valence electrons. The average Bonchev–Trinajstić information content (AvgIpc) is 3.16. The van der Waals surface area contributed by atoms with E-state index in [1.54, 1.807) is 55.2 Å². The maximum Gasteiger partial charge on any atom is 0.141 e. The zero-order valence-electron chi connectivity index (χ0n) is 18.0. The summed E-state index contributed by atoms with van der Waals surface area (Å²) in [4.78, 5) is 5.79. The maximum atomic E-state index is 13.8. The molecule has 2 N–H and O–H groups in total. The van der Waals surface area contributed by atoms with Gasteiger partial charge in [0, 0.05) is 17.2 Å². The van der Waals surface area contributed by atoms with Crippen molar-refractivity contribution in [2.75, 3.05) is 6.61 Å². The number of hydrogen-bond donors (Lipinski definition) is 2. The summed E-state index contributed by atoms with van der Waals surface area (Å²) in [5.74, 6) is 0.304. The van der Waals surface area contributed by atoms with E-state index in [0.717, 1.165) is 9.71 Å². The highest BCUT2D eigenvalue weighted by atomic mass is 35.5. The lowest BCUT2D eigenvalue weighted by molar-refractivity contribution is 0.0553. The predicted molar refractivity (Wildman–Crippen MR) is 122 cm³/mol. The molecule has 1 unspecified atom stereocenters. The highest BCUT2D eigenvalue weighted by molar-refractivity contribution is 7.17. The lowest BCUT2D eigenvalue weighted by Crippen LogP contribution is -2.21. The smallest absolute Gasteiger partial charge is 0.141 e. The molecule has 1 aromatic carbocycles. The third-order valence-electron chi connectivity index (χ3n) is 5.58. The Balaban J connectivity index is 1.37. The SMILES string of the molecule is CC(C)(O)CCOc1ccc(-n2cc(C(O)c3c([C@@H]4C[C@@H]4F)sc4cncn34)nn2)cc1Cl. The fourth-order valence-electron chi connectivity index (χ4n) is 3.62. The van der Waals surface area contributed by atoms with Gasteiger partial charge in [-0.2, -0.15) is 0 Å². The minimum atomic E-state index is -1.08. The molecule has 1 fully saturated rings. The van der Waals surface area contributed by atoms with Crippen molar-refractivity contribution in [1.82, 2.24) is 24.4 Å². The number of benzene rings is 1. The molecule has 0 spiro atoms. The topological polar surface area (TPSA) is 97.7 Å². The number of nitrogens with zero attached hydrogens (tertiary/aromatic N) is 5. The quantitative estimate of drug-likeness (QED) is 0.385. The van der Waals surface area contributed by atoms with E-state index in [1.807, 2.05) is 0 Å². The number of fused-ring (bicyclic) bond motifs is 1. The van der Waals surface area contributed by atoms with E-state index in [0.29, 0.717) is 47.3 Å². The van der Waals surface area contributed by atoms with E-state index in [1.165, 1.54) is 16.0 Å². The van der Waals surface area contributed by atoms with Crippen LogP contribution in [0.5, 0.6) is 5.75 Å². The summed E-state index contributed by atoms with van der Waals surface area (Å²) in [6.07, 6.45) is 3.91. The van der Waals surface area contributed by atoms with Crippen molar-refractivity contribution in [2.45, 2.75) is 50.5 Å². The lowest BCUT2D eigenvalue weighted by Gasteiger charge is -2.17. The Kier molecular flexibility index (Phi) is 5.64. The minimum absolute atomic E-state index is 0.197. The first kappa shape index (κ1) is 22.3. The zero-order chi connectivity index (χ0) is 23.3. The van der Waals surface area contributed by atoms with Gasteiger partial charge in [-0.1, -0.05) is 16.8 Å². The Morgan fingerprint density at radius 3 is 2.88 bits per heavy atom. The number of hydrogen-bond acceptors (Lipinski definition) is 7. The van der Waals surface area contributed by atoms with E-state index < -0.39 is 17.9 Å². The average molecular weight is 492 g/mol. The summed E-state index contributed by atoms with van der Waals surface area (Å²) in [5, 5.41) is 29.6. The first-order valence-corrected chi connectivity index (χ1v) is 11.7. The number of halogens is 2. The summed E-state index contributed by atoms with van der Waals surface area (Å²) in [6.45, 7) is 3.76. The van der Waals surface area contributed by atoms with E-state index >= 15 is 0 Å². The predicted octanol–water partition coefficient (Wildman–Crippen LogP) is 4.08. The van der Waals surface area contributed by atoms with Gasteiger partial charge >= 0.3 is 0 Å². The molecular weight excluding hydrogens is 469 g/mol. The highest BCUT2D eigenvalue weighted by Crippen LogP contribution is 2.49. The van der Waals surface area contributed by atoms with Crippen LogP contribution in [-0.2, 0) is 0 Å².